The Kier molecular flexibility index (Phi) is 1.92. The standard InChI is InChI=1S/C10H8F8O/c1-2-19-4-3-5-6(4,9(15,16)7(5,11)12)10(17,18)8(5,13)14/h4H,2-3H2,1H3. The van der Waals surface area contributed by atoms with Gasteiger partial charge in [0.25, 0.3) is 0 Å². The van der Waals surface area contributed by atoms with E-state index >= 15 is 0 Å². The maximum absolute atomic E-state index is 13.5. The molecule has 3 saturated carbocycles. The average Bonchev–Trinajstić information content (AvgIpc) is 2.20. The van der Waals surface area contributed by atoms with Crippen molar-refractivity contribution in [3.8, 4) is 0 Å². The van der Waals surface area contributed by atoms with E-state index in [9.17, 15) is 35.1 Å². The molecule has 0 aliphatic heterocycles. The Balaban J connectivity index is 2.17. The van der Waals surface area contributed by atoms with Crippen LogP contribution in [0.2, 0.25) is 0 Å². The lowest BCUT2D eigenvalue weighted by molar-refractivity contribution is -0.663. The molecular formula is C10H8F8O. The molecule has 3 fully saturated rings. The van der Waals surface area contributed by atoms with E-state index in [0.717, 1.165) is 0 Å². The maximum atomic E-state index is 13.5. The van der Waals surface area contributed by atoms with Gasteiger partial charge in [0.1, 0.15) is 5.41 Å². The van der Waals surface area contributed by atoms with Crippen molar-refractivity contribution in [3.05, 3.63) is 0 Å². The Morgan fingerprint density at radius 3 is 1.63 bits per heavy atom. The zero-order valence-electron chi connectivity index (χ0n) is 9.42. The summed E-state index contributed by atoms with van der Waals surface area (Å²) in [5, 5.41) is 0. The second kappa shape index (κ2) is 2.73. The molecule has 9 heteroatoms. The highest BCUT2D eigenvalue weighted by Crippen LogP contribution is 2.99. The third kappa shape index (κ3) is 0.707. The zero-order chi connectivity index (χ0) is 14.7. The fourth-order valence-corrected chi connectivity index (χ4v) is 4.11. The van der Waals surface area contributed by atoms with Gasteiger partial charge in [0.15, 0.2) is 5.41 Å². The molecule has 0 spiro atoms. The van der Waals surface area contributed by atoms with E-state index in [1.165, 1.54) is 6.92 Å². The monoisotopic (exact) mass is 296 g/mol. The number of alkyl halides is 8. The van der Waals surface area contributed by atoms with Gasteiger partial charge in [-0.05, 0) is 13.3 Å². The molecule has 0 aromatic heterocycles. The van der Waals surface area contributed by atoms with E-state index in [1.807, 2.05) is 0 Å². The molecule has 0 aromatic rings. The first-order chi connectivity index (χ1) is 8.42. The first kappa shape index (κ1) is 13.4. The zero-order valence-corrected chi connectivity index (χ0v) is 9.42. The van der Waals surface area contributed by atoms with Gasteiger partial charge in [-0.2, -0.15) is 35.1 Å². The summed E-state index contributed by atoms with van der Waals surface area (Å²) in [5.41, 5.74) is -7.46. The van der Waals surface area contributed by atoms with Crippen LogP contribution in [0, 0.1) is 10.8 Å². The van der Waals surface area contributed by atoms with E-state index < -0.39 is 47.0 Å². The number of hydrogen-bond donors (Lipinski definition) is 0. The summed E-state index contributed by atoms with van der Waals surface area (Å²) in [4.78, 5) is 0. The van der Waals surface area contributed by atoms with Crippen LogP contribution < -0.4 is 0 Å². The minimum Gasteiger partial charge on any atom is -0.377 e. The van der Waals surface area contributed by atoms with Crippen molar-refractivity contribution in [1.82, 2.24) is 0 Å². The molecule has 0 amide bonds. The molecule has 19 heavy (non-hydrogen) atoms. The summed E-state index contributed by atoms with van der Waals surface area (Å²) in [6, 6.07) is 0. The van der Waals surface area contributed by atoms with Gasteiger partial charge in [0.2, 0.25) is 0 Å². The van der Waals surface area contributed by atoms with Crippen LogP contribution in [0.25, 0.3) is 0 Å². The fourth-order valence-electron chi connectivity index (χ4n) is 4.11. The van der Waals surface area contributed by atoms with Crippen LogP contribution in [0.3, 0.4) is 0 Å². The van der Waals surface area contributed by atoms with Crippen LogP contribution in [0.5, 0.6) is 0 Å². The molecule has 3 aliphatic rings. The van der Waals surface area contributed by atoms with Gasteiger partial charge in [-0.1, -0.05) is 0 Å². The van der Waals surface area contributed by atoms with E-state index in [1.54, 1.807) is 0 Å². The van der Waals surface area contributed by atoms with E-state index in [0.29, 0.717) is 0 Å². The van der Waals surface area contributed by atoms with Crippen LogP contribution in [0.4, 0.5) is 35.1 Å². The van der Waals surface area contributed by atoms with Crippen LogP contribution in [0.15, 0.2) is 0 Å². The Morgan fingerprint density at radius 2 is 1.26 bits per heavy atom. The first-order valence-electron chi connectivity index (χ1n) is 5.54. The number of hydrogen-bond acceptors (Lipinski definition) is 1. The van der Waals surface area contributed by atoms with Crippen LogP contribution >= 0.6 is 0 Å². The minimum absolute atomic E-state index is 0.300. The largest absolute Gasteiger partial charge is 0.377 e. The van der Waals surface area contributed by atoms with Crippen LogP contribution in [0.1, 0.15) is 13.3 Å². The van der Waals surface area contributed by atoms with Crippen molar-refractivity contribution in [2.45, 2.75) is 43.1 Å². The predicted octanol–water partition coefficient (Wildman–Crippen LogP) is 3.34. The third-order valence-corrected chi connectivity index (χ3v) is 4.87. The number of halogens is 8. The van der Waals surface area contributed by atoms with Gasteiger partial charge in [0.05, 0.1) is 6.10 Å². The highest BCUT2D eigenvalue weighted by atomic mass is 19.3. The molecule has 3 aliphatic carbocycles. The van der Waals surface area contributed by atoms with E-state index in [4.69, 9.17) is 0 Å². The number of ether oxygens (including phenoxy) is 1. The maximum Gasteiger partial charge on any atom is 0.326 e. The average molecular weight is 296 g/mol. The lowest BCUT2D eigenvalue weighted by Gasteiger charge is -2.86. The van der Waals surface area contributed by atoms with Gasteiger partial charge in [-0.3, -0.25) is 0 Å². The predicted molar refractivity (Wildman–Crippen MR) is 44.7 cm³/mol. The lowest BCUT2D eigenvalue weighted by atomic mass is 9.20. The molecule has 1 nitrogen and oxygen atoms in total. The molecule has 1 unspecified atom stereocenters. The van der Waals surface area contributed by atoms with Crippen molar-refractivity contribution >= 4 is 0 Å². The van der Waals surface area contributed by atoms with E-state index in [-0.39, 0.29) is 6.61 Å². The summed E-state index contributed by atoms with van der Waals surface area (Å²) in [6.07, 6.45) is -3.17. The molecule has 110 valence electrons. The smallest absolute Gasteiger partial charge is 0.326 e. The molecule has 0 bridgehead atoms. The fraction of sp³-hybridized carbons (Fsp3) is 1.00. The molecule has 3 rings (SSSR count). The summed E-state index contributed by atoms with van der Waals surface area (Å²) < 4.78 is 112. The SMILES string of the molecule is CCOC1CC23C(F)(F)C(F)(F)C12C(F)(F)C3(F)F. The van der Waals surface area contributed by atoms with Crippen LogP contribution in [-0.2, 0) is 4.74 Å². The third-order valence-electron chi connectivity index (χ3n) is 4.87. The topological polar surface area (TPSA) is 9.23 Å². The highest BCUT2D eigenvalue weighted by Gasteiger charge is 3.21. The Labute approximate surface area is 101 Å². The Bertz CT molecular complexity index is 428. The molecular weight excluding hydrogens is 288 g/mol. The Hall–Kier alpha value is -0.600. The molecule has 0 saturated heterocycles. The molecule has 0 radical (unpaired) electrons. The van der Waals surface area contributed by atoms with Crippen LogP contribution in [-0.4, -0.2) is 36.4 Å². The first-order valence-corrected chi connectivity index (χ1v) is 5.54. The van der Waals surface area contributed by atoms with Crippen molar-refractivity contribution < 1.29 is 39.9 Å². The molecule has 0 heterocycles. The van der Waals surface area contributed by atoms with Gasteiger partial charge in [-0.25, -0.2) is 0 Å². The summed E-state index contributed by atoms with van der Waals surface area (Å²) in [5.74, 6) is -20.7. The second-order valence-corrected chi connectivity index (χ2v) is 5.16. The quantitative estimate of drug-likeness (QED) is 0.710. The highest BCUT2D eigenvalue weighted by molar-refractivity contribution is 5.52. The van der Waals surface area contributed by atoms with Crippen molar-refractivity contribution in [3.63, 3.8) is 0 Å². The van der Waals surface area contributed by atoms with Crippen molar-refractivity contribution in [2.75, 3.05) is 6.61 Å². The van der Waals surface area contributed by atoms with Crippen molar-refractivity contribution in [2.24, 2.45) is 10.8 Å². The van der Waals surface area contributed by atoms with Gasteiger partial charge in [-0.15, -0.1) is 0 Å². The molecule has 0 N–H and O–H groups in total. The van der Waals surface area contributed by atoms with Gasteiger partial charge < -0.3 is 4.74 Å². The Morgan fingerprint density at radius 1 is 0.842 bits per heavy atom. The second-order valence-electron chi connectivity index (χ2n) is 5.16. The van der Waals surface area contributed by atoms with Gasteiger partial charge >= 0.3 is 23.7 Å². The summed E-state index contributed by atoms with van der Waals surface area (Å²) in [7, 11) is 0. The number of rotatable bonds is 2. The minimum atomic E-state index is -5.21. The lowest BCUT2D eigenvalue weighted by Crippen LogP contribution is -3.08. The summed E-state index contributed by atoms with van der Waals surface area (Å²) in [6.45, 7) is 0.979. The van der Waals surface area contributed by atoms with E-state index in [2.05, 4.69) is 4.74 Å². The van der Waals surface area contributed by atoms with Crippen molar-refractivity contribution in [1.29, 1.82) is 0 Å². The van der Waals surface area contributed by atoms with Gasteiger partial charge in [0, 0.05) is 6.61 Å². The molecule has 0 aromatic carbocycles. The normalized spacial score (nSPS) is 50.1. The molecule has 1 atom stereocenters. The summed E-state index contributed by atoms with van der Waals surface area (Å²) >= 11 is 0.